The van der Waals surface area contributed by atoms with Crippen LogP contribution in [0.5, 0.6) is 0 Å². The number of carboxylic acids is 1. The number of halogens is 1. The summed E-state index contributed by atoms with van der Waals surface area (Å²) in [7, 11) is 0. The Morgan fingerprint density at radius 1 is 1.32 bits per heavy atom. The van der Waals surface area contributed by atoms with Crippen molar-refractivity contribution < 1.29 is 14.7 Å². The molecule has 1 atom stereocenters. The molecule has 0 radical (unpaired) electrons. The minimum atomic E-state index is -0.884. The van der Waals surface area contributed by atoms with Gasteiger partial charge in [0.15, 0.2) is 5.69 Å². The van der Waals surface area contributed by atoms with E-state index in [1.807, 2.05) is 26.0 Å². The average Bonchev–Trinajstić information content (AvgIpc) is 3.22. The van der Waals surface area contributed by atoms with Gasteiger partial charge in [-0.1, -0.05) is 31.5 Å². The maximum absolute atomic E-state index is 12.7. The number of carboxylic acid groups (broad SMARTS) is 1. The predicted molar refractivity (Wildman–Crippen MR) is 94.0 cm³/mol. The molecule has 0 aliphatic carbocycles. The average molecular weight is 362 g/mol. The second kappa shape index (κ2) is 6.52. The molecule has 1 amide bonds. The molecule has 2 aromatic rings. The summed E-state index contributed by atoms with van der Waals surface area (Å²) in [5.74, 6) is -1.14. The van der Waals surface area contributed by atoms with Crippen LogP contribution in [-0.2, 0) is 4.79 Å². The van der Waals surface area contributed by atoms with Crippen LogP contribution in [0, 0.1) is 11.3 Å². The minimum absolute atomic E-state index is 0.0492. The van der Waals surface area contributed by atoms with Crippen LogP contribution in [0.15, 0.2) is 36.5 Å². The fourth-order valence-corrected chi connectivity index (χ4v) is 3.45. The highest BCUT2D eigenvalue weighted by Crippen LogP contribution is 2.38. The van der Waals surface area contributed by atoms with Crippen LogP contribution in [0.4, 0.5) is 0 Å². The molecule has 1 aliphatic rings. The van der Waals surface area contributed by atoms with Crippen molar-refractivity contribution in [1.29, 1.82) is 0 Å². The maximum Gasteiger partial charge on any atom is 0.311 e. The number of carbonyl (C=O) groups is 2. The molecule has 1 aromatic carbocycles. The molecule has 3 rings (SSSR count). The number of rotatable bonds is 4. The number of aliphatic carboxylic acids is 1. The van der Waals surface area contributed by atoms with Crippen LogP contribution in [0.3, 0.4) is 0 Å². The third-order valence-corrected chi connectivity index (χ3v) is 5.24. The van der Waals surface area contributed by atoms with Crippen molar-refractivity contribution in [2.24, 2.45) is 11.3 Å². The number of aromatic nitrogens is 2. The molecule has 6 nitrogen and oxygen atoms in total. The summed E-state index contributed by atoms with van der Waals surface area (Å²) >= 11 is 5.99. The highest BCUT2D eigenvalue weighted by Gasteiger charge is 2.48. The lowest BCUT2D eigenvalue weighted by molar-refractivity contribution is -0.150. The summed E-state index contributed by atoms with van der Waals surface area (Å²) in [6.07, 6.45) is 2.16. The molecular weight excluding hydrogens is 342 g/mol. The molecule has 0 spiro atoms. The second-order valence-corrected chi connectivity index (χ2v) is 7.15. The maximum atomic E-state index is 12.7. The van der Waals surface area contributed by atoms with E-state index in [1.54, 1.807) is 34.0 Å². The molecule has 1 aromatic heterocycles. The fourth-order valence-electron chi connectivity index (χ4n) is 3.26. The summed E-state index contributed by atoms with van der Waals surface area (Å²) in [6, 6.07) is 8.82. The molecule has 0 saturated carbocycles. The number of amides is 1. The van der Waals surface area contributed by atoms with E-state index in [0.29, 0.717) is 23.7 Å². The van der Waals surface area contributed by atoms with Crippen LogP contribution >= 0.6 is 11.6 Å². The number of hydrogen-bond acceptors (Lipinski definition) is 3. The molecule has 7 heteroatoms. The van der Waals surface area contributed by atoms with Gasteiger partial charge in [-0.05, 0) is 36.6 Å². The van der Waals surface area contributed by atoms with Gasteiger partial charge in [-0.15, -0.1) is 0 Å². The van der Waals surface area contributed by atoms with Gasteiger partial charge in [-0.3, -0.25) is 9.59 Å². The SMILES string of the molecule is CC(C)C1(C(=O)O)CCN(C(=O)c2ccn(-c3cccc(Cl)c3)n2)C1. The molecule has 132 valence electrons. The van der Waals surface area contributed by atoms with Gasteiger partial charge in [-0.2, -0.15) is 5.10 Å². The Labute approximate surface area is 151 Å². The number of benzene rings is 1. The molecule has 1 fully saturated rings. The van der Waals surface area contributed by atoms with Crippen LogP contribution in [0.1, 0.15) is 30.8 Å². The van der Waals surface area contributed by atoms with Crippen LogP contribution < -0.4 is 0 Å². The summed E-state index contributed by atoms with van der Waals surface area (Å²) in [5.41, 5.74) is 0.172. The van der Waals surface area contributed by atoms with Crippen molar-refractivity contribution in [2.75, 3.05) is 13.1 Å². The molecule has 1 N–H and O–H groups in total. The summed E-state index contributed by atoms with van der Waals surface area (Å²) in [4.78, 5) is 26.0. The smallest absolute Gasteiger partial charge is 0.311 e. The lowest BCUT2D eigenvalue weighted by Crippen LogP contribution is -2.40. The lowest BCUT2D eigenvalue weighted by atomic mass is 9.76. The van der Waals surface area contributed by atoms with E-state index in [9.17, 15) is 14.7 Å². The van der Waals surface area contributed by atoms with Crippen molar-refractivity contribution in [3.8, 4) is 5.69 Å². The first-order chi connectivity index (χ1) is 11.8. The van der Waals surface area contributed by atoms with Gasteiger partial charge in [0.25, 0.3) is 5.91 Å². The Kier molecular flexibility index (Phi) is 4.56. The lowest BCUT2D eigenvalue weighted by Gasteiger charge is -2.28. The van der Waals surface area contributed by atoms with E-state index in [2.05, 4.69) is 5.10 Å². The fraction of sp³-hybridized carbons (Fsp3) is 0.389. The van der Waals surface area contributed by atoms with Crippen LogP contribution in [0.2, 0.25) is 5.02 Å². The highest BCUT2D eigenvalue weighted by molar-refractivity contribution is 6.30. The van der Waals surface area contributed by atoms with Crippen molar-refractivity contribution in [2.45, 2.75) is 20.3 Å². The second-order valence-electron chi connectivity index (χ2n) is 6.72. The van der Waals surface area contributed by atoms with Gasteiger partial charge in [0.2, 0.25) is 0 Å². The van der Waals surface area contributed by atoms with Crippen molar-refractivity contribution in [1.82, 2.24) is 14.7 Å². The van der Waals surface area contributed by atoms with Crippen LogP contribution in [-0.4, -0.2) is 44.8 Å². The third kappa shape index (κ3) is 3.14. The van der Waals surface area contributed by atoms with E-state index >= 15 is 0 Å². The number of likely N-dealkylation sites (tertiary alicyclic amines) is 1. The van der Waals surface area contributed by atoms with Crippen molar-refractivity contribution in [3.05, 3.63) is 47.2 Å². The van der Waals surface area contributed by atoms with Gasteiger partial charge in [-0.25, -0.2) is 4.68 Å². The Hall–Kier alpha value is -2.34. The number of nitrogens with zero attached hydrogens (tertiary/aromatic N) is 3. The summed E-state index contributed by atoms with van der Waals surface area (Å²) < 4.78 is 1.59. The van der Waals surface area contributed by atoms with Gasteiger partial charge in [0.05, 0.1) is 11.1 Å². The van der Waals surface area contributed by atoms with Crippen molar-refractivity contribution >= 4 is 23.5 Å². The Morgan fingerprint density at radius 3 is 2.68 bits per heavy atom. The first-order valence-electron chi connectivity index (χ1n) is 8.18. The zero-order valence-corrected chi connectivity index (χ0v) is 14.9. The molecular formula is C18H20ClN3O3. The Balaban J connectivity index is 1.80. The third-order valence-electron chi connectivity index (χ3n) is 5.00. The van der Waals surface area contributed by atoms with E-state index in [1.165, 1.54) is 0 Å². The van der Waals surface area contributed by atoms with Gasteiger partial charge in [0, 0.05) is 24.3 Å². The van der Waals surface area contributed by atoms with E-state index < -0.39 is 11.4 Å². The first-order valence-corrected chi connectivity index (χ1v) is 8.55. The number of carbonyl (C=O) groups excluding carboxylic acids is 1. The zero-order valence-electron chi connectivity index (χ0n) is 14.1. The number of hydrogen-bond donors (Lipinski definition) is 1. The van der Waals surface area contributed by atoms with Crippen LogP contribution in [0.25, 0.3) is 5.69 Å². The Bertz CT molecular complexity index is 817. The molecule has 1 unspecified atom stereocenters. The normalized spacial score (nSPS) is 20.2. The molecule has 1 saturated heterocycles. The van der Waals surface area contributed by atoms with Gasteiger partial charge in [0.1, 0.15) is 0 Å². The summed E-state index contributed by atoms with van der Waals surface area (Å²) in [5, 5.41) is 14.5. The summed E-state index contributed by atoms with van der Waals surface area (Å²) in [6.45, 7) is 4.40. The monoisotopic (exact) mass is 361 g/mol. The molecule has 2 heterocycles. The standard InChI is InChI=1S/C18H20ClN3O3/c1-12(2)18(17(24)25)7-9-21(11-18)16(23)15-6-8-22(20-15)14-5-3-4-13(19)10-14/h3-6,8,10,12H,7,9,11H2,1-2H3,(H,24,25). The minimum Gasteiger partial charge on any atom is -0.481 e. The van der Waals surface area contributed by atoms with E-state index in [-0.39, 0.29) is 18.4 Å². The van der Waals surface area contributed by atoms with E-state index in [4.69, 9.17) is 11.6 Å². The largest absolute Gasteiger partial charge is 0.481 e. The van der Waals surface area contributed by atoms with Gasteiger partial charge >= 0.3 is 5.97 Å². The highest BCUT2D eigenvalue weighted by atomic mass is 35.5. The zero-order chi connectivity index (χ0) is 18.2. The quantitative estimate of drug-likeness (QED) is 0.907. The predicted octanol–water partition coefficient (Wildman–Crippen LogP) is 3.10. The van der Waals surface area contributed by atoms with Crippen molar-refractivity contribution in [3.63, 3.8) is 0 Å². The molecule has 25 heavy (non-hydrogen) atoms. The first kappa shape index (κ1) is 17.5. The van der Waals surface area contributed by atoms with E-state index in [0.717, 1.165) is 5.69 Å². The molecule has 1 aliphatic heterocycles. The topological polar surface area (TPSA) is 75.4 Å². The van der Waals surface area contributed by atoms with Gasteiger partial charge < -0.3 is 10.0 Å². The Morgan fingerprint density at radius 2 is 2.08 bits per heavy atom. The molecule has 0 bridgehead atoms.